The van der Waals surface area contributed by atoms with Gasteiger partial charge in [-0.25, -0.2) is 4.79 Å². The first-order valence-corrected chi connectivity index (χ1v) is 6.37. The van der Waals surface area contributed by atoms with Crippen LogP contribution in [0.4, 0.5) is 5.69 Å². The van der Waals surface area contributed by atoms with Gasteiger partial charge in [0.2, 0.25) is 5.91 Å². The number of anilines is 1. The van der Waals surface area contributed by atoms with Gasteiger partial charge < -0.3 is 19.9 Å². The smallest absolute Gasteiger partial charge is 0.337 e. The molecular formula is C14H19NO5. The highest BCUT2D eigenvalue weighted by Gasteiger charge is 2.13. The lowest BCUT2D eigenvalue weighted by atomic mass is 10.1. The first kappa shape index (κ1) is 16.0. The van der Waals surface area contributed by atoms with E-state index in [1.54, 1.807) is 0 Å². The number of carbonyl (C=O) groups is 2. The molecular weight excluding hydrogens is 262 g/mol. The van der Waals surface area contributed by atoms with Crippen LogP contribution in [0, 0.1) is 0 Å². The Kier molecular flexibility index (Phi) is 6.52. The van der Waals surface area contributed by atoms with Gasteiger partial charge in [-0.05, 0) is 25.5 Å². The maximum atomic E-state index is 11.7. The number of ether oxygens (including phenoxy) is 2. The van der Waals surface area contributed by atoms with Gasteiger partial charge in [-0.2, -0.15) is 0 Å². The first-order valence-electron chi connectivity index (χ1n) is 6.37. The van der Waals surface area contributed by atoms with E-state index in [0.29, 0.717) is 25.4 Å². The molecule has 0 bridgehead atoms. The molecule has 0 saturated carbocycles. The summed E-state index contributed by atoms with van der Waals surface area (Å²) in [6.07, 6.45) is 0.863. The molecule has 0 heterocycles. The minimum atomic E-state index is -1.10. The van der Waals surface area contributed by atoms with Crippen LogP contribution in [-0.2, 0) is 9.53 Å². The number of carboxylic acids is 1. The Balaban J connectivity index is 2.69. The summed E-state index contributed by atoms with van der Waals surface area (Å²) in [6, 6.07) is 4.43. The lowest BCUT2D eigenvalue weighted by Crippen LogP contribution is -2.15. The maximum absolute atomic E-state index is 11.7. The van der Waals surface area contributed by atoms with Gasteiger partial charge in [-0.15, -0.1) is 0 Å². The van der Waals surface area contributed by atoms with Gasteiger partial charge in [-0.1, -0.05) is 0 Å². The van der Waals surface area contributed by atoms with Crippen molar-refractivity contribution in [1.29, 1.82) is 0 Å². The van der Waals surface area contributed by atoms with Crippen LogP contribution in [0.5, 0.6) is 5.75 Å². The molecule has 0 aliphatic rings. The van der Waals surface area contributed by atoms with Crippen molar-refractivity contribution in [3.05, 3.63) is 23.8 Å². The summed E-state index contributed by atoms with van der Waals surface area (Å²) in [6.45, 7) is 3.00. The van der Waals surface area contributed by atoms with E-state index in [0.717, 1.165) is 0 Å². The number of carbonyl (C=O) groups excluding carboxylic acids is 1. The molecule has 0 unspecified atom stereocenters. The first-order chi connectivity index (χ1) is 9.58. The van der Waals surface area contributed by atoms with E-state index in [9.17, 15) is 9.59 Å². The Labute approximate surface area is 117 Å². The Hall–Kier alpha value is -2.08. The topological polar surface area (TPSA) is 84.9 Å². The average molecular weight is 281 g/mol. The predicted molar refractivity (Wildman–Crippen MR) is 74.3 cm³/mol. The molecule has 0 aliphatic heterocycles. The third-order valence-corrected chi connectivity index (χ3v) is 2.63. The average Bonchev–Trinajstić information content (AvgIpc) is 2.43. The number of rotatable bonds is 8. The zero-order chi connectivity index (χ0) is 15.0. The highest BCUT2D eigenvalue weighted by Crippen LogP contribution is 2.22. The monoisotopic (exact) mass is 281 g/mol. The van der Waals surface area contributed by atoms with E-state index in [4.69, 9.17) is 14.6 Å². The molecule has 6 heteroatoms. The zero-order valence-electron chi connectivity index (χ0n) is 11.6. The number of aromatic carboxylic acids is 1. The Bertz CT molecular complexity index is 473. The molecule has 2 N–H and O–H groups in total. The number of hydrogen-bond acceptors (Lipinski definition) is 4. The van der Waals surface area contributed by atoms with Crippen molar-refractivity contribution in [2.75, 3.05) is 25.6 Å². The van der Waals surface area contributed by atoms with Gasteiger partial charge in [0.05, 0.1) is 18.4 Å². The summed E-state index contributed by atoms with van der Waals surface area (Å²) in [5.41, 5.74) is 0.266. The zero-order valence-corrected chi connectivity index (χ0v) is 11.6. The molecule has 1 amide bonds. The molecule has 20 heavy (non-hydrogen) atoms. The van der Waals surface area contributed by atoms with Gasteiger partial charge in [0.1, 0.15) is 5.75 Å². The molecule has 1 aromatic carbocycles. The van der Waals surface area contributed by atoms with E-state index in [1.165, 1.54) is 25.3 Å². The van der Waals surface area contributed by atoms with E-state index in [-0.39, 0.29) is 23.6 Å². The fourth-order valence-electron chi connectivity index (χ4n) is 1.63. The van der Waals surface area contributed by atoms with Crippen molar-refractivity contribution in [1.82, 2.24) is 0 Å². The maximum Gasteiger partial charge on any atom is 0.337 e. The SMILES string of the molecule is CCOCCCC(=O)Nc1cc(OC)ccc1C(=O)O. The fourth-order valence-corrected chi connectivity index (χ4v) is 1.63. The molecule has 0 saturated heterocycles. The molecule has 0 fully saturated rings. The van der Waals surface area contributed by atoms with Crippen LogP contribution in [0.3, 0.4) is 0 Å². The molecule has 0 aliphatic carbocycles. The largest absolute Gasteiger partial charge is 0.497 e. The number of amides is 1. The third kappa shape index (κ3) is 4.89. The number of benzene rings is 1. The lowest BCUT2D eigenvalue weighted by molar-refractivity contribution is -0.116. The van der Waals surface area contributed by atoms with Crippen molar-refractivity contribution >= 4 is 17.6 Å². The highest BCUT2D eigenvalue weighted by molar-refractivity contribution is 6.00. The van der Waals surface area contributed by atoms with Crippen molar-refractivity contribution in [3.8, 4) is 5.75 Å². The number of nitrogens with one attached hydrogen (secondary N) is 1. The van der Waals surface area contributed by atoms with E-state index < -0.39 is 5.97 Å². The summed E-state index contributed by atoms with van der Waals surface area (Å²) < 4.78 is 10.2. The Morgan fingerprint density at radius 3 is 2.70 bits per heavy atom. The van der Waals surface area contributed by atoms with Crippen molar-refractivity contribution in [3.63, 3.8) is 0 Å². The van der Waals surface area contributed by atoms with Crippen LogP contribution >= 0.6 is 0 Å². The summed E-state index contributed by atoms with van der Waals surface area (Å²) in [5, 5.41) is 11.7. The standard InChI is InChI=1S/C14H19NO5/c1-3-20-8-4-5-13(16)15-12-9-10(19-2)6-7-11(12)14(17)18/h6-7,9H,3-5,8H2,1-2H3,(H,15,16)(H,17,18). The van der Waals surface area contributed by atoms with Gasteiger partial charge in [0.25, 0.3) is 0 Å². The fraction of sp³-hybridized carbons (Fsp3) is 0.429. The van der Waals surface area contributed by atoms with Crippen molar-refractivity contribution in [2.45, 2.75) is 19.8 Å². The van der Waals surface area contributed by atoms with Crippen LogP contribution in [0.1, 0.15) is 30.1 Å². The summed E-state index contributed by atoms with van der Waals surface area (Å²) >= 11 is 0. The molecule has 0 spiro atoms. The van der Waals surface area contributed by atoms with Crippen LogP contribution in [-0.4, -0.2) is 37.3 Å². The van der Waals surface area contributed by atoms with E-state index in [1.807, 2.05) is 6.92 Å². The number of carboxylic acid groups (broad SMARTS) is 1. The molecule has 0 aromatic heterocycles. The number of hydrogen-bond donors (Lipinski definition) is 2. The van der Waals surface area contributed by atoms with E-state index >= 15 is 0 Å². The lowest BCUT2D eigenvalue weighted by Gasteiger charge is -2.10. The predicted octanol–water partition coefficient (Wildman–Crippen LogP) is 2.15. The van der Waals surface area contributed by atoms with Gasteiger partial charge in [-0.3, -0.25) is 4.79 Å². The summed E-state index contributed by atoms with van der Waals surface area (Å²) in [7, 11) is 1.48. The number of methoxy groups -OCH3 is 1. The third-order valence-electron chi connectivity index (χ3n) is 2.63. The molecule has 1 rings (SSSR count). The van der Waals surface area contributed by atoms with Crippen LogP contribution in [0.25, 0.3) is 0 Å². The second-order valence-corrected chi connectivity index (χ2v) is 4.07. The van der Waals surface area contributed by atoms with Crippen LogP contribution in [0.2, 0.25) is 0 Å². The van der Waals surface area contributed by atoms with Crippen LogP contribution in [0.15, 0.2) is 18.2 Å². The summed E-state index contributed by atoms with van der Waals surface area (Å²) in [4.78, 5) is 22.8. The molecule has 0 radical (unpaired) electrons. The molecule has 1 aromatic rings. The second kappa shape index (κ2) is 8.16. The normalized spacial score (nSPS) is 10.1. The van der Waals surface area contributed by atoms with Crippen molar-refractivity contribution in [2.24, 2.45) is 0 Å². The molecule has 6 nitrogen and oxygen atoms in total. The van der Waals surface area contributed by atoms with E-state index in [2.05, 4.69) is 5.32 Å². The van der Waals surface area contributed by atoms with Gasteiger partial charge in [0, 0.05) is 25.7 Å². The molecule has 0 atom stereocenters. The minimum absolute atomic E-state index is 0.0314. The Morgan fingerprint density at radius 2 is 2.10 bits per heavy atom. The molecule has 110 valence electrons. The van der Waals surface area contributed by atoms with Gasteiger partial charge in [0.15, 0.2) is 0 Å². The minimum Gasteiger partial charge on any atom is -0.497 e. The summed E-state index contributed by atoms with van der Waals surface area (Å²) in [5.74, 6) is -0.864. The highest BCUT2D eigenvalue weighted by atomic mass is 16.5. The second-order valence-electron chi connectivity index (χ2n) is 4.07. The van der Waals surface area contributed by atoms with Crippen molar-refractivity contribution < 1.29 is 24.2 Å². The quantitative estimate of drug-likeness (QED) is 0.713. The van der Waals surface area contributed by atoms with Crippen LogP contribution < -0.4 is 10.1 Å². The Morgan fingerprint density at radius 1 is 1.35 bits per heavy atom. The van der Waals surface area contributed by atoms with Gasteiger partial charge >= 0.3 is 5.97 Å².